The molecule has 0 saturated heterocycles. The third kappa shape index (κ3) is 7.12. The van der Waals surface area contributed by atoms with Crippen molar-refractivity contribution in [2.75, 3.05) is 6.61 Å². The minimum atomic E-state index is -0.419. The molecule has 26 heavy (non-hydrogen) atoms. The van der Waals surface area contributed by atoms with Crippen LogP contribution in [0.3, 0.4) is 0 Å². The Bertz CT molecular complexity index is 611. The van der Waals surface area contributed by atoms with Gasteiger partial charge >= 0.3 is 0 Å². The Morgan fingerprint density at radius 3 is 2.23 bits per heavy atom. The molecule has 1 atom stereocenters. The third-order valence-corrected chi connectivity index (χ3v) is 4.55. The molecule has 0 aliphatic carbocycles. The van der Waals surface area contributed by atoms with Crippen LogP contribution in [-0.2, 0) is 6.42 Å². The van der Waals surface area contributed by atoms with E-state index in [0.29, 0.717) is 13.0 Å². The van der Waals surface area contributed by atoms with Crippen molar-refractivity contribution in [3.8, 4) is 17.1 Å². The summed E-state index contributed by atoms with van der Waals surface area (Å²) in [5, 5.41) is 9.55. The van der Waals surface area contributed by atoms with Crippen molar-refractivity contribution in [1.29, 1.82) is 0 Å². The maximum absolute atomic E-state index is 9.55. The molecule has 0 spiro atoms. The van der Waals surface area contributed by atoms with Crippen LogP contribution in [0.1, 0.15) is 64.4 Å². The average Bonchev–Trinajstić information content (AvgIpc) is 2.69. The average molecular weight is 357 g/mol. The molecule has 0 saturated carbocycles. The summed E-state index contributed by atoms with van der Waals surface area (Å²) in [5.74, 6) is 1.48. The van der Waals surface area contributed by atoms with Crippen LogP contribution in [0.15, 0.2) is 36.7 Å². The Hall–Kier alpha value is -1.94. The smallest absolute Gasteiger partial charge is 0.159 e. The maximum atomic E-state index is 9.55. The first-order valence-corrected chi connectivity index (χ1v) is 9.95. The number of aromatic nitrogens is 2. The SMILES string of the molecule is CCCCCCCCc1cnc(-c2ccc(OC[C@@H](O)CC)cc2)nc1. The minimum absolute atomic E-state index is 0.319. The van der Waals surface area contributed by atoms with Gasteiger partial charge in [-0.25, -0.2) is 9.97 Å². The maximum Gasteiger partial charge on any atom is 0.159 e. The Morgan fingerprint density at radius 2 is 1.58 bits per heavy atom. The van der Waals surface area contributed by atoms with Crippen molar-refractivity contribution in [2.45, 2.75) is 71.3 Å². The van der Waals surface area contributed by atoms with Crippen molar-refractivity contribution in [3.05, 3.63) is 42.2 Å². The number of nitrogens with zero attached hydrogens (tertiary/aromatic N) is 2. The number of ether oxygens (including phenoxy) is 1. The molecule has 0 amide bonds. The fraction of sp³-hybridized carbons (Fsp3) is 0.545. The highest BCUT2D eigenvalue weighted by atomic mass is 16.5. The van der Waals surface area contributed by atoms with E-state index in [0.717, 1.165) is 23.6 Å². The van der Waals surface area contributed by atoms with E-state index < -0.39 is 6.10 Å². The van der Waals surface area contributed by atoms with Crippen LogP contribution < -0.4 is 4.74 Å². The van der Waals surface area contributed by atoms with Gasteiger partial charge in [0.25, 0.3) is 0 Å². The quantitative estimate of drug-likeness (QED) is 0.531. The minimum Gasteiger partial charge on any atom is -0.491 e. The topological polar surface area (TPSA) is 55.2 Å². The van der Waals surface area contributed by atoms with Crippen LogP contribution >= 0.6 is 0 Å². The van der Waals surface area contributed by atoms with Gasteiger partial charge in [-0.05, 0) is 49.1 Å². The van der Waals surface area contributed by atoms with Crippen LogP contribution in [0.2, 0.25) is 0 Å². The number of rotatable bonds is 12. The van der Waals surface area contributed by atoms with E-state index in [-0.39, 0.29) is 0 Å². The summed E-state index contributed by atoms with van der Waals surface area (Å²) in [6.07, 6.45) is 13.0. The normalized spacial score (nSPS) is 12.1. The Balaban J connectivity index is 1.80. The molecule has 2 rings (SSSR count). The Labute approximate surface area is 157 Å². The molecule has 4 heteroatoms. The lowest BCUT2D eigenvalue weighted by Crippen LogP contribution is -2.15. The zero-order valence-electron chi connectivity index (χ0n) is 16.2. The van der Waals surface area contributed by atoms with E-state index in [4.69, 9.17) is 4.74 Å². The van der Waals surface area contributed by atoms with E-state index in [1.54, 1.807) is 0 Å². The number of unbranched alkanes of at least 4 members (excludes halogenated alkanes) is 5. The van der Waals surface area contributed by atoms with Gasteiger partial charge in [0, 0.05) is 18.0 Å². The second kappa shape index (κ2) is 11.6. The first kappa shape index (κ1) is 20.4. The van der Waals surface area contributed by atoms with E-state index in [2.05, 4.69) is 16.9 Å². The summed E-state index contributed by atoms with van der Waals surface area (Å²) in [5.41, 5.74) is 2.18. The van der Waals surface area contributed by atoms with Gasteiger partial charge in [-0.3, -0.25) is 0 Å². The molecule has 0 aliphatic heterocycles. The molecule has 0 fully saturated rings. The van der Waals surface area contributed by atoms with Crippen molar-refractivity contribution in [1.82, 2.24) is 9.97 Å². The highest BCUT2D eigenvalue weighted by molar-refractivity contribution is 5.55. The fourth-order valence-corrected chi connectivity index (χ4v) is 2.75. The van der Waals surface area contributed by atoms with Crippen LogP contribution in [0.4, 0.5) is 0 Å². The van der Waals surface area contributed by atoms with Crippen molar-refractivity contribution in [2.24, 2.45) is 0 Å². The first-order valence-electron chi connectivity index (χ1n) is 9.95. The molecule has 0 bridgehead atoms. The molecule has 0 aliphatic rings. The van der Waals surface area contributed by atoms with E-state index in [1.165, 1.54) is 44.1 Å². The Morgan fingerprint density at radius 1 is 0.923 bits per heavy atom. The van der Waals surface area contributed by atoms with Gasteiger partial charge in [-0.15, -0.1) is 0 Å². The van der Waals surface area contributed by atoms with Crippen LogP contribution in [0.25, 0.3) is 11.4 Å². The predicted octanol–water partition coefficient (Wildman–Crippen LogP) is 5.20. The summed E-state index contributed by atoms with van der Waals surface area (Å²) in [7, 11) is 0. The number of hydrogen-bond acceptors (Lipinski definition) is 4. The largest absolute Gasteiger partial charge is 0.491 e. The van der Waals surface area contributed by atoms with E-state index >= 15 is 0 Å². The standard InChI is InChI=1S/C22H32N2O2/c1-3-5-6-7-8-9-10-18-15-23-22(24-16-18)19-11-13-21(14-12-19)26-17-20(25)4-2/h11-16,20,25H,3-10,17H2,1-2H3/t20-/m0/s1. The molecule has 1 N–H and O–H groups in total. The molecule has 1 aromatic carbocycles. The summed E-state index contributed by atoms with van der Waals surface area (Å²) in [6, 6.07) is 7.70. The van der Waals surface area contributed by atoms with Crippen molar-refractivity contribution < 1.29 is 9.84 Å². The summed E-state index contributed by atoms with van der Waals surface area (Å²) in [4.78, 5) is 9.00. The first-order chi connectivity index (χ1) is 12.7. The van der Waals surface area contributed by atoms with E-state index in [9.17, 15) is 5.11 Å². The molecule has 0 radical (unpaired) electrons. The van der Waals surface area contributed by atoms with Gasteiger partial charge in [0.2, 0.25) is 0 Å². The molecule has 2 aromatic rings. The molecular weight excluding hydrogens is 324 g/mol. The zero-order chi connectivity index (χ0) is 18.6. The lowest BCUT2D eigenvalue weighted by molar-refractivity contribution is 0.104. The highest BCUT2D eigenvalue weighted by Crippen LogP contribution is 2.20. The van der Waals surface area contributed by atoms with Crippen molar-refractivity contribution >= 4 is 0 Å². The second-order valence-electron chi connectivity index (χ2n) is 6.83. The summed E-state index contributed by atoms with van der Waals surface area (Å²) < 4.78 is 5.56. The molecule has 4 nitrogen and oxygen atoms in total. The number of benzene rings is 1. The molecule has 0 unspecified atom stereocenters. The fourth-order valence-electron chi connectivity index (χ4n) is 2.75. The number of aliphatic hydroxyl groups excluding tert-OH is 1. The van der Waals surface area contributed by atoms with Gasteiger partial charge in [0.05, 0.1) is 6.10 Å². The number of aliphatic hydroxyl groups is 1. The molecule has 142 valence electrons. The van der Waals surface area contributed by atoms with Crippen LogP contribution in [0.5, 0.6) is 5.75 Å². The van der Waals surface area contributed by atoms with Gasteiger partial charge in [0.1, 0.15) is 12.4 Å². The third-order valence-electron chi connectivity index (χ3n) is 4.55. The lowest BCUT2D eigenvalue weighted by Gasteiger charge is -2.10. The lowest BCUT2D eigenvalue weighted by atomic mass is 10.1. The molecule has 1 aromatic heterocycles. The number of aryl methyl sites for hydroxylation is 1. The van der Waals surface area contributed by atoms with Gasteiger partial charge < -0.3 is 9.84 Å². The van der Waals surface area contributed by atoms with Crippen LogP contribution in [0, 0.1) is 0 Å². The van der Waals surface area contributed by atoms with Crippen molar-refractivity contribution in [3.63, 3.8) is 0 Å². The number of hydrogen-bond donors (Lipinski definition) is 1. The Kier molecular flexibility index (Phi) is 9.11. The second-order valence-corrected chi connectivity index (χ2v) is 6.83. The highest BCUT2D eigenvalue weighted by Gasteiger charge is 2.05. The summed E-state index contributed by atoms with van der Waals surface area (Å²) >= 11 is 0. The van der Waals surface area contributed by atoms with Gasteiger partial charge in [-0.2, -0.15) is 0 Å². The predicted molar refractivity (Wildman–Crippen MR) is 106 cm³/mol. The summed E-state index contributed by atoms with van der Waals surface area (Å²) in [6.45, 7) is 4.50. The zero-order valence-corrected chi connectivity index (χ0v) is 16.2. The van der Waals surface area contributed by atoms with Gasteiger partial charge in [0.15, 0.2) is 5.82 Å². The van der Waals surface area contributed by atoms with E-state index in [1.807, 2.05) is 43.6 Å². The monoisotopic (exact) mass is 356 g/mol. The van der Waals surface area contributed by atoms with Crippen LogP contribution in [-0.4, -0.2) is 27.8 Å². The molecule has 1 heterocycles. The molecular formula is C22H32N2O2. The van der Waals surface area contributed by atoms with Gasteiger partial charge in [-0.1, -0.05) is 46.0 Å².